The minimum Gasteiger partial charge on any atom is -0.491 e. The van der Waals surface area contributed by atoms with Gasteiger partial charge in [0.1, 0.15) is 5.75 Å². The van der Waals surface area contributed by atoms with Gasteiger partial charge in [-0.05, 0) is 49.2 Å². The molecule has 1 atom stereocenters. The van der Waals surface area contributed by atoms with Gasteiger partial charge in [0.15, 0.2) is 0 Å². The number of halogens is 2. The van der Waals surface area contributed by atoms with Crippen LogP contribution in [0.1, 0.15) is 25.8 Å². The number of ether oxygens (including phenoxy) is 1. The molecule has 0 radical (unpaired) electrons. The summed E-state index contributed by atoms with van der Waals surface area (Å²) >= 11 is 12.0. The van der Waals surface area contributed by atoms with Gasteiger partial charge in [-0.25, -0.2) is 0 Å². The summed E-state index contributed by atoms with van der Waals surface area (Å²) in [6.45, 7) is 4.88. The average Bonchev–Trinajstić information content (AvgIpc) is 2.48. The SMILES string of the molecule is CCC(C)Oc1ccc(CNc2ccc(Cl)cc2Cl)cc1. The lowest BCUT2D eigenvalue weighted by Crippen LogP contribution is -2.09. The second-order valence-electron chi connectivity index (χ2n) is 4.96. The summed E-state index contributed by atoms with van der Waals surface area (Å²) in [6, 6.07) is 13.5. The maximum Gasteiger partial charge on any atom is 0.119 e. The van der Waals surface area contributed by atoms with Crippen LogP contribution in [0, 0.1) is 0 Å². The highest BCUT2D eigenvalue weighted by molar-refractivity contribution is 6.36. The van der Waals surface area contributed by atoms with Gasteiger partial charge in [-0.3, -0.25) is 0 Å². The van der Waals surface area contributed by atoms with Gasteiger partial charge in [0.05, 0.1) is 16.8 Å². The summed E-state index contributed by atoms with van der Waals surface area (Å²) in [5.74, 6) is 0.901. The van der Waals surface area contributed by atoms with E-state index in [2.05, 4.69) is 31.3 Å². The topological polar surface area (TPSA) is 21.3 Å². The fourth-order valence-corrected chi connectivity index (χ4v) is 2.31. The minimum absolute atomic E-state index is 0.238. The summed E-state index contributed by atoms with van der Waals surface area (Å²) in [5.41, 5.74) is 2.04. The Hall–Kier alpha value is -1.38. The molecule has 4 heteroatoms. The van der Waals surface area contributed by atoms with E-state index in [1.807, 2.05) is 24.3 Å². The molecule has 112 valence electrons. The zero-order valence-corrected chi connectivity index (χ0v) is 13.7. The first-order chi connectivity index (χ1) is 10.1. The van der Waals surface area contributed by atoms with E-state index in [0.29, 0.717) is 16.6 Å². The van der Waals surface area contributed by atoms with Crippen LogP contribution in [0.4, 0.5) is 5.69 Å². The maximum absolute atomic E-state index is 6.13. The molecule has 2 nitrogen and oxygen atoms in total. The zero-order valence-electron chi connectivity index (χ0n) is 12.2. The van der Waals surface area contributed by atoms with E-state index in [1.165, 1.54) is 0 Å². The van der Waals surface area contributed by atoms with Gasteiger partial charge in [-0.1, -0.05) is 42.3 Å². The molecule has 0 saturated heterocycles. The molecule has 0 heterocycles. The molecule has 0 bridgehead atoms. The second-order valence-corrected chi connectivity index (χ2v) is 5.80. The smallest absolute Gasteiger partial charge is 0.119 e. The van der Waals surface area contributed by atoms with E-state index in [0.717, 1.165) is 23.4 Å². The van der Waals surface area contributed by atoms with Gasteiger partial charge < -0.3 is 10.1 Å². The number of anilines is 1. The molecule has 0 saturated carbocycles. The second kappa shape index (κ2) is 7.58. The molecule has 2 aromatic carbocycles. The average molecular weight is 324 g/mol. The van der Waals surface area contributed by atoms with Crippen LogP contribution in [-0.2, 0) is 6.54 Å². The van der Waals surface area contributed by atoms with Gasteiger partial charge in [0.2, 0.25) is 0 Å². The van der Waals surface area contributed by atoms with Crippen LogP contribution in [0.3, 0.4) is 0 Å². The van der Waals surface area contributed by atoms with Crippen molar-refractivity contribution < 1.29 is 4.74 Å². The lowest BCUT2D eigenvalue weighted by molar-refractivity contribution is 0.217. The van der Waals surface area contributed by atoms with Crippen LogP contribution in [0.5, 0.6) is 5.75 Å². The van der Waals surface area contributed by atoms with Crippen LogP contribution in [-0.4, -0.2) is 6.10 Å². The lowest BCUT2D eigenvalue weighted by atomic mass is 10.2. The van der Waals surface area contributed by atoms with Crippen molar-refractivity contribution >= 4 is 28.9 Å². The largest absolute Gasteiger partial charge is 0.491 e. The predicted octanol–water partition coefficient (Wildman–Crippen LogP) is 5.78. The predicted molar refractivity (Wildman–Crippen MR) is 90.6 cm³/mol. The van der Waals surface area contributed by atoms with E-state index in [9.17, 15) is 0 Å². The Morgan fingerprint density at radius 1 is 1.10 bits per heavy atom. The molecule has 0 aromatic heterocycles. The summed E-state index contributed by atoms with van der Waals surface area (Å²) in [7, 11) is 0. The van der Waals surface area contributed by atoms with Crippen molar-refractivity contribution in [3.63, 3.8) is 0 Å². The molecule has 0 spiro atoms. The third-order valence-electron chi connectivity index (χ3n) is 3.25. The van der Waals surface area contributed by atoms with Crippen LogP contribution >= 0.6 is 23.2 Å². The van der Waals surface area contributed by atoms with Gasteiger partial charge in [0.25, 0.3) is 0 Å². The lowest BCUT2D eigenvalue weighted by Gasteiger charge is -2.13. The summed E-state index contributed by atoms with van der Waals surface area (Å²) in [5, 5.41) is 4.56. The molecule has 2 rings (SSSR count). The number of rotatable bonds is 6. The number of nitrogens with one attached hydrogen (secondary N) is 1. The molecule has 0 aliphatic rings. The molecule has 0 amide bonds. The first-order valence-corrected chi connectivity index (χ1v) is 7.78. The molecular weight excluding hydrogens is 305 g/mol. The van der Waals surface area contributed by atoms with Crippen LogP contribution in [0.2, 0.25) is 10.0 Å². The van der Waals surface area contributed by atoms with Gasteiger partial charge in [-0.15, -0.1) is 0 Å². The molecule has 1 N–H and O–H groups in total. The Morgan fingerprint density at radius 2 is 1.81 bits per heavy atom. The quantitative estimate of drug-likeness (QED) is 0.727. The van der Waals surface area contributed by atoms with Crippen molar-refractivity contribution in [3.8, 4) is 5.75 Å². The van der Waals surface area contributed by atoms with E-state index < -0.39 is 0 Å². The summed E-state index contributed by atoms with van der Waals surface area (Å²) < 4.78 is 5.76. The Labute approximate surface area is 136 Å². The Bertz CT molecular complexity index is 584. The first kappa shape index (κ1) is 16.0. The highest BCUT2D eigenvalue weighted by Crippen LogP contribution is 2.26. The van der Waals surface area contributed by atoms with Crippen molar-refractivity contribution in [2.75, 3.05) is 5.32 Å². The highest BCUT2D eigenvalue weighted by Gasteiger charge is 2.03. The van der Waals surface area contributed by atoms with Crippen LogP contribution in [0.25, 0.3) is 0 Å². The van der Waals surface area contributed by atoms with E-state index in [1.54, 1.807) is 6.07 Å². The molecule has 0 aliphatic carbocycles. The number of hydrogen-bond acceptors (Lipinski definition) is 2. The van der Waals surface area contributed by atoms with E-state index in [4.69, 9.17) is 27.9 Å². The highest BCUT2D eigenvalue weighted by atomic mass is 35.5. The molecular formula is C17H19Cl2NO. The first-order valence-electron chi connectivity index (χ1n) is 7.03. The van der Waals surface area contributed by atoms with Gasteiger partial charge in [-0.2, -0.15) is 0 Å². The van der Waals surface area contributed by atoms with Crippen molar-refractivity contribution in [3.05, 3.63) is 58.1 Å². The number of benzene rings is 2. The third-order valence-corrected chi connectivity index (χ3v) is 3.80. The molecule has 0 fully saturated rings. The Balaban J connectivity index is 1.94. The normalized spacial score (nSPS) is 12.0. The van der Waals surface area contributed by atoms with Crippen LogP contribution in [0.15, 0.2) is 42.5 Å². The maximum atomic E-state index is 6.13. The Morgan fingerprint density at radius 3 is 2.43 bits per heavy atom. The minimum atomic E-state index is 0.238. The van der Waals surface area contributed by atoms with Crippen molar-refractivity contribution in [1.29, 1.82) is 0 Å². The van der Waals surface area contributed by atoms with Crippen molar-refractivity contribution in [2.24, 2.45) is 0 Å². The number of hydrogen-bond donors (Lipinski definition) is 1. The molecule has 1 unspecified atom stereocenters. The van der Waals surface area contributed by atoms with Gasteiger partial charge in [0, 0.05) is 11.6 Å². The van der Waals surface area contributed by atoms with Crippen molar-refractivity contribution in [2.45, 2.75) is 32.9 Å². The van der Waals surface area contributed by atoms with E-state index in [-0.39, 0.29) is 6.10 Å². The molecule has 2 aromatic rings. The summed E-state index contributed by atoms with van der Waals surface area (Å²) in [6.07, 6.45) is 1.24. The molecule has 0 aliphatic heterocycles. The monoisotopic (exact) mass is 323 g/mol. The van der Waals surface area contributed by atoms with Crippen LogP contribution < -0.4 is 10.1 Å². The fourth-order valence-electron chi connectivity index (χ4n) is 1.83. The fraction of sp³-hybridized carbons (Fsp3) is 0.294. The molecule has 21 heavy (non-hydrogen) atoms. The van der Waals surface area contributed by atoms with Gasteiger partial charge >= 0.3 is 0 Å². The van der Waals surface area contributed by atoms with E-state index >= 15 is 0 Å². The summed E-state index contributed by atoms with van der Waals surface area (Å²) in [4.78, 5) is 0. The third kappa shape index (κ3) is 4.83. The van der Waals surface area contributed by atoms with Crippen molar-refractivity contribution in [1.82, 2.24) is 0 Å². The standard InChI is InChI=1S/C17H19Cl2NO/c1-3-12(2)21-15-7-4-13(5-8-15)11-20-17-9-6-14(18)10-16(17)19/h4-10,12,20H,3,11H2,1-2H3. The zero-order chi connectivity index (χ0) is 15.2. The Kier molecular flexibility index (Phi) is 5.77.